The molecule has 0 aliphatic rings. The Morgan fingerprint density at radius 2 is 1.41 bits per heavy atom. The SMILES string of the molecule is [CH3][Sn]([CH3])([CH3])[c]1cc[c]([Sn]([CH3])([CH3])[CH3])c2snnc12. The minimum atomic E-state index is -2.06. The fourth-order valence-electron chi connectivity index (χ4n) is 2.06. The molecular weight excluding hydrogens is 442 g/mol. The van der Waals surface area contributed by atoms with Gasteiger partial charge >= 0.3 is 117 Å². The third-order valence-corrected chi connectivity index (χ3v) is 15.9. The van der Waals surface area contributed by atoms with Crippen molar-refractivity contribution in [2.75, 3.05) is 0 Å². The summed E-state index contributed by atoms with van der Waals surface area (Å²) < 4.78 is 8.71. The Bertz CT molecular complexity index is 502. The van der Waals surface area contributed by atoms with Crippen LogP contribution in [0.1, 0.15) is 0 Å². The Balaban J connectivity index is 2.76. The van der Waals surface area contributed by atoms with Crippen molar-refractivity contribution in [1.29, 1.82) is 0 Å². The van der Waals surface area contributed by atoms with E-state index in [1.54, 1.807) is 15.1 Å². The van der Waals surface area contributed by atoms with Crippen LogP contribution in [-0.2, 0) is 0 Å². The second-order valence-electron chi connectivity index (χ2n) is 6.61. The van der Waals surface area contributed by atoms with Crippen LogP contribution in [0.4, 0.5) is 0 Å². The standard InChI is InChI=1S/C6H2N2S.6CH3.2Sn/c1-2-4-6-5(3-1)7-8-9-6;;;;;;;;/h1-2H;6*1H3;;. The van der Waals surface area contributed by atoms with Gasteiger partial charge in [-0.05, 0) is 0 Å². The third kappa shape index (κ3) is 2.81. The predicted molar refractivity (Wildman–Crippen MR) is 83.4 cm³/mol. The molecule has 17 heavy (non-hydrogen) atoms. The first kappa shape index (κ1) is 14.1. The van der Waals surface area contributed by atoms with E-state index in [1.165, 1.54) is 13.8 Å². The summed E-state index contributed by atoms with van der Waals surface area (Å²) in [5, 5.41) is 4.41. The Morgan fingerprint density at radius 1 is 0.882 bits per heavy atom. The number of hydrogen-bond acceptors (Lipinski definition) is 3. The van der Waals surface area contributed by atoms with E-state index < -0.39 is 36.8 Å². The fourth-order valence-corrected chi connectivity index (χ4v) is 13.5. The summed E-state index contributed by atoms with van der Waals surface area (Å²) in [6.45, 7) is 0. The molecular formula is C12H20N2SSn2. The fraction of sp³-hybridized carbons (Fsp3) is 0.500. The van der Waals surface area contributed by atoms with Crippen LogP contribution in [0.5, 0.6) is 0 Å². The Labute approximate surface area is 116 Å². The first-order chi connectivity index (χ1) is 7.71. The van der Waals surface area contributed by atoms with Gasteiger partial charge in [-0.2, -0.15) is 0 Å². The van der Waals surface area contributed by atoms with Crippen molar-refractivity contribution in [2.45, 2.75) is 29.6 Å². The van der Waals surface area contributed by atoms with Gasteiger partial charge in [-0.3, -0.25) is 0 Å². The van der Waals surface area contributed by atoms with Gasteiger partial charge in [0.25, 0.3) is 0 Å². The van der Waals surface area contributed by atoms with Gasteiger partial charge in [-0.1, -0.05) is 0 Å². The molecule has 0 N–H and O–H groups in total. The molecule has 92 valence electrons. The van der Waals surface area contributed by atoms with Crippen LogP contribution >= 0.6 is 11.5 Å². The summed E-state index contributed by atoms with van der Waals surface area (Å²) in [7, 11) is 0. The van der Waals surface area contributed by atoms with Crippen molar-refractivity contribution >= 4 is 65.7 Å². The van der Waals surface area contributed by atoms with Crippen LogP contribution in [0.15, 0.2) is 12.1 Å². The number of hydrogen-bond donors (Lipinski definition) is 0. The Morgan fingerprint density at radius 3 is 1.94 bits per heavy atom. The van der Waals surface area contributed by atoms with Crippen molar-refractivity contribution in [2.24, 2.45) is 0 Å². The van der Waals surface area contributed by atoms with Crippen molar-refractivity contribution in [3.8, 4) is 0 Å². The van der Waals surface area contributed by atoms with Crippen LogP contribution < -0.4 is 7.16 Å². The summed E-state index contributed by atoms with van der Waals surface area (Å²) in [5.74, 6) is 0. The zero-order valence-corrected chi connectivity index (χ0v) is 18.0. The van der Waals surface area contributed by atoms with E-state index in [2.05, 4.69) is 51.4 Å². The second-order valence-corrected chi connectivity index (χ2v) is 36.1. The molecule has 2 rings (SSSR count). The molecule has 0 aliphatic heterocycles. The predicted octanol–water partition coefficient (Wildman–Crippen LogP) is 2.78. The molecule has 1 aromatic carbocycles. The average Bonchev–Trinajstić information content (AvgIpc) is 2.60. The van der Waals surface area contributed by atoms with E-state index in [1.807, 2.05) is 0 Å². The van der Waals surface area contributed by atoms with Crippen molar-refractivity contribution in [3.63, 3.8) is 0 Å². The van der Waals surface area contributed by atoms with E-state index in [9.17, 15) is 0 Å². The first-order valence-electron chi connectivity index (χ1n) is 5.97. The number of fused-ring (bicyclic) bond motifs is 1. The number of rotatable bonds is 2. The van der Waals surface area contributed by atoms with Gasteiger partial charge in [0.15, 0.2) is 0 Å². The maximum absolute atomic E-state index is 4.41. The number of aromatic nitrogens is 2. The van der Waals surface area contributed by atoms with Gasteiger partial charge in [-0.25, -0.2) is 0 Å². The second kappa shape index (κ2) is 4.63. The number of benzene rings is 1. The zero-order valence-electron chi connectivity index (χ0n) is 11.5. The number of nitrogens with zero attached hydrogens (tertiary/aromatic N) is 2. The van der Waals surface area contributed by atoms with E-state index in [-0.39, 0.29) is 0 Å². The van der Waals surface area contributed by atoms with Crippen LogP contribution in [0.25, 0.3) is 10.2 Å². The summed E-state index contributed by atoms with van der Waals surface area (Å²) in [6.07, 6.45) is 0. The molecule has 0 saturated heterocycles. The van der Waals surface area contributed by atoms with Gasteiger partial charge in [-0.15, -0.1) is 0 Å². The van der Waals surface area contributed by atoms with Crippen LogP contribution in [-0.4, -0.2) is 46.3 Å². The summed E-state index contributed by atoms with van der Waals surface area (Å²) in [6, 6.07) is 4.74. The van der Waals surface area contributed by atoms with E-state index in [0.717, 1.165) is 0 Å². The molecule has 0 bridgehead atoms. The molecule has 0 atom stereocenters. The molecule has 0 unspecified atom stereocenters. The molecule has 1 aromatic heterocycles. The van der Waals surface area contributed by atoms with Crippen molar-refractivity contribution < 1.29 is 0 Å². The topological polar surface area (TPSA) is 25.8 Å². The normalized spacial score (nSPS) is 13.3. The van der Waals surface area contributed by atoms with Gasteiger partial charge in [0.05, 0.1) is 0 Å². The zero-order chi connectivity index (χ0) is 12.8. The van der Waals surface area contributed by atoms with Crippen LogP contribution in [0.2, 0.25) is 29.6 Å². The molecule has 1 heterocycles. The van der Waals surface area contributed by atoms with Gasteiger partial charge in [0.1, 0.15) is 0 Å². The molecule has 2 aromatic rings. The Kier molecular flexibility index (Phi) is 3.83. The van der Waals surface area contributed by atoms with Gasteiger partial charge in [0, 0.05) is 0 Å². The van der Waals surface area contributed by atoms with Gasteiger partial charge in [0.2, 0.25) is 0 Å². The average molecular weight is 462 g/mol. The summed E-state index contributed by atoms with van der Waals surface area (Å²) >= 11 is -2.50. The summed E-state index contributed by atoms with van der Waals surface area (Å²) in [5.41, 5.74) is 1.22. The molecule has 5 heteroatoms. The Hall–Kier alpha value is 0.637. The maximum atomic E-state index is 4.41. The molecule has 0 radical (unpaired) electrons. The molecule has 0 spiro atoms. The third-order valence-electron chi connectivity index (χ3n) is 3.02. The van der Waals surface area contributed by atoms with Crippen LogP contribution in [0.3, 0.4) is 0 Å². The van der Waals surface area contributed by atoms with E-state index >= 15 is 0 Å². The molecule has 0 saturated carbocycles. The van der Waals surface area contributed by atoms with E-state index in [4.69, 9.17) is 0 Å². The minimum absolute atomic E-state index is 1.22. The monoisotopic (exact) mass is 464 g/mol. The summed E-state index contributed by atoms with van der Waals surface area (Å²) in [4.78, 5) is 14.7. The molecule has 0 amide bonds. The quantitative estimate of drug-likeness (QED) is 0.643. The molecule has 0 fully saturated rings. The molecule has 2 nitrogen and oxygen atoms in total. The van der Waals surface area contributed by atoms with Crippen molar-refractivity contribution in [3.05, 3.63) is 12.1 Å². The van der Waals surface area contributed by atoms with E-state index in [0.29, 0.717) is 0 Å². The molecule has 0 aliphatic carbocycles. The first-order valence-corrected chi connectivity index (χ1v) is 26.7. The van der Waals surface area contributed by atoms with Crippen molar-refractivity contribution in [1.82, 2.24) is 9.59 Å². The van der Waals surface area contributed by atoms with Crippen LogP contribution in [0, 0.1) is 0 Å². The van der Waals surface area contributed by atoms with Gasteiger partial charge < -0.3 is 0 Å².